The average Bonchev–Trinajstić information content (AvgIpc) is 2.32. The smallest absolute Gasteiger partial charge is 0.0701 e. The zero-order chi connectivity index (χ0) is 10.5. The minimum atomic E-state index is 1.02. The first-order chi connectivity index (χ1) is 7.40. The molecule has 0 aliphatic heterocycles. The topological polar surface area (TPSA) is 12.9 Å². The van der Waals surface area contributed by atoms with E-state index in [4.69, 9.17) is 0 Å². The van der Waals surface area contributed by atoms with E-state index in [1.165, 1.54) is 5.56 Å². The third-order valence-electron chi connectivity index (χ3n) is 2.23. The molecule has 0 aliphatic carbocycles. The summed E-state index contributed by atoms with van der Waals surface area (Å²) in [6, 6.07) is 14.3. The molecule has 2 rings (SSSR count). The molecule has 1 aromatic heterocycles. The van der Waals surface area contributed by atoms with E-state index in [1.807, 2.05) is 37.4 Å². The molecule has 1 heteroatoms. The maximum atomic E-state index is 4.31. The second-order valence-electron chi connectivity index (χ2n) is 3.34. The van der Waals surface area contributed by atoms with Crippen LogP contribution in [0.3, 0.4) is 0 Å². The third-order valence-corrected chi connectivity index (χ3v) is 2.23. The van der Waals surface area contributed by atoms with Crippen LogP contribution in [0.1, 0.15) is 12.5 Å². The Balaban J connectivity index is 2.32. The van der Waals surface area contributed by atoms with E-state index < -0.39 is 0 Å². The Morgan fingerprint density at radius 1 is 1.00 bits per heavy atom. The summed E-state index contributed by atoms with van der Waals surface area (Å²) in [5.41, 5.74) is 3.39. The first-order valence-corrected chi connectivity index (χ1v) is 5.04. The highest BCUT2D eigenvalue weighted by Crippen LogP contribution is 2.17. The molecular weight excluding hydrogens is 182 g/mol. The van der Waals surface area contributed by atoms with Gasteiger partial charge in [-0.25, -0.2) is 0 Å². The van der Waals surface area contributed by atoms with Crippen LogP contribution in [0.25, 0.3) is 17.3 Å². The van der Waals surface area contributed by atoms with Gasteiger partial charge in [0.05, 0.1) is 5.69 Å². The van der Waals surface area contributed by atoms with E-state index in [9.17, 15) is 0 Å². The lowest BCUT2D eigenvalue weighted by molar-refractivity contribution is 1.33. The van der Waals surface area contributed by atoms with Crippen molar-refractivity contribution in [2.45, 2.75) is 6.92 Å². The minimum absolute atomic E-state index is 1.02. The normalized spacial score (nSPS) is 10.7. The molecule has 0 N–H and O–H groups in total. The number of hydrogen-bond acceptors (Lipinski definition) is 1. The van der Waals surface area contributed by atoms with Gasteiger partial charge in [0.25, 0.3) is 0 Å². The molecule has 0 saturated heterocycles. The Hall–Kier alpha value is -1.89. The SMILES string of the molecule is C/C=C\c1ccc(-c2ccccn2)cc1. The molecule has 0 atom stereocenters. The predicted octanol–water partition coefficient (Wildman–Crippen LogP) is 3.78. The number of nitrogens with zero attached hydrogens (tertiary/aromatic N) is 1. The van der Waals surface area contributed by atoms with Crippen LogP contribution in [0.2, 0.25) is 0 Å². The van der Waals surface area contributed by atoms with Crippen molar-refractivity contribution in [3.8, 4) is 11.3 Å². The molecule has 0 unspecified atom stereocenters. The maximum Gasteiger partial charge on any atom is 0.0701 e. The summed E-state index contributed by atoms with van der Waals surface area (Å²) in [7, 11) is 0. The van der Waals surface area contributed by atoms with Crippen molar-refractivity contribution in [1.82, 2.24) is 4.98 Å². The largest absolute Gasteiger partial charge is 0.256 e. The van der Waals surface area contributed by atoms with Crippen molar-refractivity contribution in [2.75, 3.05) is 0 Å². The Morgan fingerprint density at radius 3 is 2.40 bits per heavy atom. The molecule has 2 aromatic rings. The second kappa shape index (κ2) is 4.56. The first kappa shape index (κ1) is 9.66. The van der Waals surface area contributed by atoms with Crippen LogP contribution < -0.4 is 0 Å². The quantitative estimate of drug-likeness (QED) is 0.710. The highest BCUT2D eigenvalue weighted by atomic mass is 14.7. The van der Waals surface area contributed by atoms with Gasteiger partial charge in [-0.15, -0.1) is 0 Å². The molecule has 0 saturated carbocycles. The van der Waals surface area contributed by atoms with Gasteiger partial charge in [0.15, 0.2) is 0 Å². The Bertz CT molecular complexity index is 441. The molecule has 15 heavy (non-hydrogen) atoms. The van der Waals surface area contributed by atoms with Crippen molar-refractivity contribution in [1.29, 1.82) is 0 Å². The van der Waals surface area contributed by atoms with Crippen molar-refractivity contribution in [3.05, 3.63) is 60.3 Å². The van der Waals surface area contributed by atoms with Crippen LogP contribution in [-0.2, 0) is 0 Å². The molecular formula is C14H13N. The number of aromatic nitrogens is 1. The van der Waals surface area contributed by atoms with E-state index in [2.05, 4.69) is 35.3 Å². The Kier molecular flexibility index (Phi) is 2.93. The molecule has 1 heterocycles. The summed E-state index contributed by atoms with van der Waals surface area (Å²) >= 11 is 0. The molecule has 0 radical (unpaired) electrons. The fourth-order valence-corrected chi connectivity index (χ4v) is 1.49. The van der Waals surface area contributed by atoms with Gasteiger partial charge in [-0.2, -0.15) is 0 Å². The molecule has 0 fully saturated rings. The highest BCUT2D eigenvalue weighted by Gasteiger charge is 1.96. The summed E-state index contributed by atoms with van der Waals surface area (Å²) in [6.07, 6.45) is 5.94. The van der Waals surface area contributed by atoms with E-state index in [0.29, 0.717) is 0 Å². The number of benzene rings is 1. The third kappa shape index (κ3) is 2.32. The molecule has 0 bridgehead atoms. The second-order valence-corrected chi connectivity index (χ2v) is 3.34. The molecule has 0 aliphatic rings. The molecule has 0 spiro atoms. The standard InChI is InChI=1S/C14H13N/c1-2-5-12-7-9-13(10-8-12)14-6-3-4-11-15-14/h2-11H,1H3/b5-2-. The van der Waals surface area contributed by atoms with Gasteiger partial charge in [0.1, 0.15) is 0 Å². The van der Waals surface area contributed by atoms with Crippen molar-refractivity contribution in [3.63, 3.8) is 0 Å². The molecule has 1 aromatic carbocycles. The van der Waals surface area contributed by atoms with E-state index in [-0.39, 0.29) is 0 Å². The van der Waals surface area contributed by atoms with Gasteiger partial charge < -0.3 is 0 Å². The fraction of sp³-hybridized carbons (Fsp3) is 0.0714. The zero-order valence-corrected chi connectivity index (χ0v) is 8.72. The van der Waals surface area contributed by atoms with Gasteiger partial charge >= 0.3 is 0 Å². The van der Waals surface area contributed by atoms with Gasteiger partial charge in [0, 0.05) is 11.8 Å². The lowest BCUT2D eigenvalue weighted by Gasteiger charge is -2.00. The van der Waals surface area contributed by atoms with Gasteiger partial charge in [0.2, 0.25) is 0 Å². The van der Waals surface area contributed by atoms with Gasteiger partial charge in [-0.1, -0.05) is 42.5 Å². The zero-order valence-electron chi connectivity index (χ0n) is 8.72. The van der Waals surface area contributed by atoms with Crippen molar-refractivity contribution in [2.24, 2.45) is 0 Å². The van der Waals surface area contributed by atoms with Crippen LogP contribution in [-0.4, -0.2) is 4.98 Å². The summed E-state index contributed by atoms with van der Waals surface area (Å²) < 4.78 is 0. The lowest BCUT2D eigenvalue weighted by Crippen LogP contribution is -1.81. The average molecular weight is 195 g/mol. The predicted molar refractivity (Wildman–Crippen MR) is 64.4 cm³/mol. The van der Waals surface area contributed by atoms with E-state index >= 15 is 0 Å². The summed E-state index contributed by atoms with van der Waals surface area (Å²) in [5, 5.41) is 0. The monoisotopic (exact) mass is 195 g/mol. The van der Waals surface area contributed by atoms with Crippen molar-refractivity contribution >= 4 is 6.08 Å². The van der Waals surface area contributed by atoms with Crippen LogP contribution in [0, 0.1) is 0 Å². The van der Waals surface area contributed by atoms with E-state index in [0.717, 1.165) is 11.3 Å². The molecule has 1 nitrogen and oxygen atoms in total. The number of allylic oxidation sites excluding steroid dienone is 1. The van der Waals surface area contributed by atoms with Crippen LogP contribution in [0.5, 0.6) is 0 Å². The van der Waals surface area contributed by atoms with Gasteiger partial charge in [-0.3, -0.25) is 4.98 Å². The summed E-state index contributed by atoms with van der Waals surface area (Å²) in [5.74, 6) is 0. The van der Waals surface area contributed by atoms with Crippen molar-refractivity contribution < 1.29 is 0 Å². The number of rotatable bonds is 2. The van der Waals surface area contributed by atoms with Crippen LogP contribution in [0.4, 0.5) is 0 Å². The summed E-state index contributed by atoms with van der Waals surface area (Å²) in [4.78, 5) is 4.31. The fourth-order valence-electron chi connectivity index (χ4n) is 1.49. The first-order valence-electron chi connectivity index (χ1n) is 5.04. The lowest BCUT2D eigenvalue weighted by atomic mass is 10.1. The van der Waals surface area contributed by atoms with Crippen LogP contribution in [0.15, 0.2) is 54.7 Å². The van der Waals surface area contributed by atoms with E-state index in [1.54, 1.807) is 0 Å². The highest BCUT2D eigenvalue weighted by molar-refractivity contribution is 5.62. The molecule has 0 amide bonds. The molecule has 74 valence electrons. The minimum Gasteiger partial charge on any atom is -0.256 e. The maximum absolute atomic E-state index is 4.31. The van der Waals surface area contributed by atoms with Gasteiger partial charge in [-0.05, 0) is 24.6 Å². The number of pyridine rings is 1. The number of hydrogen-bond donors (Lipinski definition) is 0. The Labute approximate surface area is 90.1 Å². The Morgan fingerprint density at radius 2 is 1.80 bits per heavy atom. The summed E-state index contributed by atoms with van der Waals surface area (Å²) in [6.45, 7) is 2.02. The van der Waals surface area contributed by atoms with Crippen LogP contribution >= 0.6 is 0 Å².